The second-order valence-electron chi connectivity index (χ2n) is 8.37. The number of carbonyl (C=O) groups is 1. The molecule has 1 aliphatic heterocycles. The van der Waals surface area contributed by atoms with Crippen molar-refractivity contribution in [1.29, 1.82) is 0 Å². The Morgan fingerprint density at radius 2 is 1.75 bits per heavy atom. The van der Waals surface area contributed by atoms with E-state index in [4.69, 9.17) is 14.6 Å². The number of hydrogen-bond acceptors (Lipinski definition) is 3. The minimum absolute atomic E-state index is 0.0713. The van der Waals surface area contributed by atoms with E-state index in [9.17, 15) is 4.79 Å². The quantitative estimate of drug-likeness (QED) is 0.203. The Labute approximate surface area is 173 Å². The third-order valence-electron chi connectivity index (χ3n) is 5.54. The Kier molecular flexibility index (Phi) is 16.3. The monoisotopic (exact) mass is 396 g/mol. The average molecular weight is 397 g/mol. The molecule has 0 saturated carbocycles. The van der Waals surface area contributed by atoms with Gasteiger partial charge in [0.15, 0.2) is 6.29 Å². The number of carboxylic acids is 1. The van der Waals surface area contributed by atoms with E-state index in [0.717, 1.165) is 51.2 Å². The molecule has 1 rings (SSSR count). The molecule has 28 heavy (non-hydrogen) atoms. The van der Waals surface area contributed by atoms with Gasteiger partial charge in [-0.05, 0) is 63.7 Å². The van der Waals surface area contributed by atoms with Gasteiger partial charge in [0.05, 0.1) is 0 Å². The molecule has 0 spiro atoms. The van der Waals surface area contributed by atoms with Crippen LogP contribution in [-0.2, 0) is 14.3 Å². The van der Waals surface area contributed by atoms with Gasteiger partial charge in [0.1, 0.15) is 0 Å². The highest BCUT2D eigenvalue weighted by Crippen LogP contribution is 2.17. The van der Waals surface area contributed by atoms with Crippen LogP contribution in [0, 0.1) is 5.92 Å². The van der Waals surface area contributed by atoms with Crippen molar-refractivity contribution >= 4 is 5.97 Å². The van der Waals surface area contributed by atoms with Crippen molar-refractivity contribution in [2.45, 2.75) is 116 Å². The molecule has 1 unspecified atom stereocenters. The lowest BCUT2D eigenvalue weighted by molar-refractivity contribution is -0.162. The van der Waals surface area contributed by atoms with Gasteiger partial charge in [-0.2, -0.15) is 0 Å². The van der Waals surface area contributed by atoms with Gasteiger partial charge < -0.3 is 14.6 Å². The van der Waals surface area contributed by atoms with Crippen LogP contribution in [0.25, 0.3) is 0 Å². The van der Waals surface area contributed by atoms with Gasteiger partial charge in [-0.1, -0.05) is 57.6 Å². The van der Waals surface area contributed by atoms with Crippen LogP contribution < -0.4 is 0 Å². The highest BCUT2D eigenvalue weighted by atomic mass is 16.7. The third-order valence-corrected chi connectivity index (χ3v) is 5.54. The van der Waals surface area contributed by atoms with Gasteiger partial charge >= 0.3 is 5.97 Å². The average Bonchev–Trinajstić information content (AvgIpc) is 2.69. The number of aliphatic carboxylic acids is 1. The molecule has 0 bridgehead atoms. The van der Waals surface area contributed by atoms with Crippen molar-refractivity contribution in [3.63, 3.8) is 0 Å². The number of carboxylic acid groups (broad SMARTS) is 1. The Morgan fingerprint density at radius 1 is 1.00 bits per heavy atom. The lowest BCUT2D eigenvalue weighted by atomic mass is 9.97. The fourth-order valence-corrected chi connectivity index (χ4v) is 3.66. The number of hydrogen-bond donors (Lipinski definition) is 1. The number of rotatable bonds is 18. The van der Waals surface area contributed by atoms with Gasteiger partial charge in [-0.15, -0.1) is 0 Å². The second-order valence-corrected chi connectivity index (χ2v) is 8.37. The zero-order valence-electron chi connectivity index (χ0n) is 18.2. The summed E-state index contributed by atoms with van der Waals surface area (Å²) in [6.07, 6.45) is 22.8. The highest BCUT2D eigenvalue weighted by Gasteiger charge is 2.13. The van der Waals surface area contributed by atoms with Crippen LogP contribution in [0.4, 0.5) is 0 Å². The molecule has 4 nitrogen and oxygen atoms in total. The second kappa shape index (κ2) is 18.2. The van der Waals surface area contributed by atoms with Gasteiger partial charge in [-0.25, -0.2) is 0 Å². The summed E-state index contributed by atoms with van der Waals surface area (Å²) in [4.78, 5) is 10.4. The van der Waals surface area contributed by atoms with Crippen molar-refractivity contribution in [3.8, 4) is 0 Å². The standard InChI is InChI=1S/C24H44O4/c1-22(16-10-6-2-3-8-12-18-23(25)26)17-11-7-4-5-9-14-20-27-24-19-13-15-21-28-24/h2,6,22,24H,3-5,7-21H2,1H3,(H,25,26)/t22-,24?/m0/s1. The van der Waals surface area contributed by atoms with E-state index in [1.807, 2.05) is 0 Å². The van der Waals surface area contributed by atoms with E-state index in [0.29, 0.717) is 6.42 Å². The molecule has 1 N–H and O–H groups in total. The largest absolute Gasteiger partial charge is 0.481 e. The Morgan fingerprint density at radius 3 is 2.50 bits per heavy atom. The van der Waals surface area contributed by atoms with Crippen LogP contribution in [0.1, 0.15) is 110 Å². The van der Waals surface area contributed by atoms with Gasteiger partial charge in [0.2, 0.25) is 0 Å². The zero-order valence-corrected chi connectivity index (χ0v) is 18.2. The maximum absolute atomic E-state index is 10.4. The molecular formula is C24H44O4. The predicted molar refractivity (Wildman–Crippen MR) is 116 cm³/mol. The number of unbranched alkanes of at least 4 members (excludes halogenated alkanes) is 7. The SMILES string of the molecule is C[C@@H](CCC=CCCCCC(=O)O)CCCCCCCCOC1CCCCO1. The Bertz CT molecular complexity index is 388. The molecule has 0 radical (unpaired) electrons. The van der Waals surface area contributed by atoms with Crippen molar-refractivity contribution in [3.05, 3.63) is 12.2 Å². The van der Waals surface area contributed by atoms with Crippen molar-refractivity contribution < 1.29 is 19.4 Å². The van der Waals surface area contributed by atoms with Crippen LogP contribution >= 0.6 is 0 Å². The lowest BCUT2D eigenvalue weighted by Gasteiger charge is -2.22. The topological polar surface area (TPSA) is 55.8 Å². The van der Waals surface area contributed by atoms with E-state index < -0.39 is 5.97 Å². The maximum Gasteiger partial charge on any atom is 0.303 e. The molecule has 2 atom stereocenters. The fourth-order valence-electron chi connectivity index (χ4n) is 3.66. The van der Waals surface area contributed by atoms with E-state index in [1.165, 1.54) is 64.2 Å². The molecule has 164 valence electrons. The van der Waals surface area contributed by atoms with Gasteiger partial charge in [0, 0.05) is 19.6 Å². The first-order chi connectivity index (χ1) is 13.7. The van der Waals surface area contributed by atoms with Gasteiger partial charge in [0.25, 0.3) is 0 Å². The summed E-state index contributed by atoms with van der Waals surface area (Å²) >= 11 is 0. The molecule has 0 aromatic rings. The molecule has 0 aromatic heterocycles. The first kappa shape index (κ1) is 25.2. The van der Waals surface area contributed by atoms with E-state index >= 15 is 0 Å². The fraction of sp³-hybridized carbons (Fsp3) is 0.875. The number of allylic oxidation sites excluding steroid dienone is 2. The van der Waals surface area contributed by atoms with Crippen LogP contribution in [0.3, 0.4) is 0 Å². The minimum atomic E-state index is -0.684. The first-order valence-corrected chi connectivity index (χ1v) is 11.8. The Balaban J connectivity index is 1.78. The number of ether oxygens (including phenoxy) is 2. The van der Waals surface area contributed by atoms with Crippen molar-refractivity contribution in [2.24, 2.45) is 5.92 Å². The van der Waals surface area contributed by atoms with E-state index in [2.05, 4.69) is 19.1 Å². The minimum Gasteiger partial charge on any atom is -0.481 e. The zero-order chi connectivity index (χ0) is 20.3. The van der Waals surface area contributed by atoms with Crippen LogP contribution in [0.5, 0.6) is 0 Å². The normalized spacial score (nSPS) is 18.5. The summed E-state index contributed by atoms with van der Waals surface area (Å²) in [6, 6.07) is 0. The highest BCUT2D eigenvalue weighted by molar-refractivity contribution is 5.66. The predicted octanol–water partition coefficient (Wildman–Crippen LogP) is 6.88. The van der Waals surface area contributed by atoms with E-state index in [-0.39, 0.29) is 6.29 Å². The first-order valence-electron chi connectivity index (χ1n) is 11.8. The maximum atomic E-state index is 10.4. The smallest absolute Gasteiger partial charge is 0.303 e. The molecular weight excluding hydrogens is 352 g/mol. The molecule has 1 fully saturated rings. The third kappa shape index (κ3) is 16.1. The van der Waals surface area contributed by atoms with E-state index in [1.54, 1.807) is 0 Å². The molecule has 0 amide bonds. The molecule has 1 aliphatic rings. The molecule has 0 aliphatic carbocycles. The summed E-state index contributed by atoms with van der Waals surface area (Å²) in [6.45, 7) is 4.09. The summed E-state index contributed by atoms with van der Waals surface area (Å²) in [7, 11) is 0. The summed E-state index contributed by atoms with van der Waals surface area (Å²) < 4.78 is 11.4. The summed E-state index contributed by atoms with van der Waals surface area (Å²) in [5, 5.41) is 8.59. The van der Waals surface area contributed by atoms with Crippen molar-refractivity contribution in [1.82, 2.24) is 0 Å². The van der Waals surface area contributed by atoms with Crippen molar-refractivity contribution in [2.75, 3.05) is 13.2 Å². The van der Waals surface area contributed by atoms with Gasteiger partial charge in [-0.3, -0.25) is 4.79 Å². The van der Waals surface area contributed by atoms with Crippen LogP contribution in [0.15, 0.2) is 12.2 Å². The molecule has 4 heteroatoms. The summed E-state index contributed by atoms with van der Waals surface area (Å²) in [5.41, 5.74) is 0. The lowest BCUT2D eigenvalue weighted by Crippen LogP contribution is -2.22. The van der Waals surface area contributed by atoms with Crippen LogP contribution in [-0.4, -0.2) is 30.6 Å². The van der Waals surface area contributed by atoms with Crippen LogP contribution in [0.2, 0.25) is 0 Å². The molecule has 1 saturated heterocycles. The summed E-state index contributed by atoms with van der Waals surface area (Å²) in [5.74, 6) is 0.122. The molecule has 1 heterocycles. The Hall–Kier alpha value is -0.870. The molecule has 0 aromatic carbocycles.